The van der Waals surface area contributed by atoms with Crippen molar-refractivity contribution < 1.29 is 19.1 Å². The maximum absolute atomic E-state index is 12.9. The fourth-order valence-electron chi connectivity index (χ4n) is 4.33. The van der Waals surface area contributed by atoms with E-state index in [-0.39, 0.29) is 35.4 Å². The van der Waals surface area contributed by atoms with Crippen molar-refractivity contribution in [2.75, 3.05) is 69.0 Å². The summed E-state index contributed by atoms with van der Waals surface area (Å²) in [5.41, 5.74) is 1.55. The van der Waals surface area contributed by atoms with Gasteiger partial charge in [0, 0.05) is 64.7 Å². The Balaban J connectivity index is 1.46. The minimum absolute atomic E-state index is 0.00877. The predicted molar refractivity (Wildman–Crippen MR) is 137 cm³/mol. The molecule has 194 valence electrons. The summed E-state index contributed by atoms with van der Waals surface area (Å²) in [5.74, 6) is 0.531. The third kappa shape index (κ3) is 5.52. The Morgan fingerprint density at radius 2 is 2.11 bits per heavy atom. The number of aldehydes is 1. The minimum atomic E-state index is -0.514. The van der Waals surface area contributed by atoms with Gasteiger partial charge in [0.05, 0.1) is 23.4 Å². The molecule has 12 heteroatoms. The number of nitrogens with one attached hydrogen (secondary N) is 1. The minimum Gasteiger partial charge on any atom is -0.375 e. The van der Waals surface area contributed by atoms with Crippen LogP contribution in [0.5, 0.6) is 0 Å². The lowest BCUT2D eigenvalue weighted by Gasteiger charge is -2.48. The summed E-state index contributed by atoms with van der Waals surface area (Å²) < 4.78 is 5.48. The van der Waals surface area contributed by atoms with Crippen LogP contribution in [0.2, 0.25) is 0 Å². The molecule has 0 aromatic carbocycles. The zero-order valence-electron chi connectivity index (χ0n) is 21.4. The van der Waals surface area contributed by atoms with Crippen LogP contribution in [-0.2, 0) is 16.1 Å². The summed E-state index contributed by atoms with van der Waals surface area (Å²) in [4.78, 5) is 52.4. The smallest absolute Gasteiger partial charge is 0.328 e. The molecule has 0 radical (unpaired) electrons. The van der Waals surface area contributed by atoms with E-state index < -0.39 is 6.03 Å². The summed E-state index contributed by atoms with van der Waals surface area (Å²) in [6, 6.07) is 6.61. The van der Waals surface area contributed by atoms with Gasteiger partial charge in [-0.3, -0.25) is 24.7 Å². The lowest BCUT2D eigenvalue weighted by molar-refractivity contribution is -0.136. The molecule has 4 heterocycles. The maximum atomic E-state index is 12.9. The number of amides is 3. The third-order valence-corrected chi connectivity index (χ3v) is 6.75. The molecule has 0 aliphatic carbocycles. The molecule has 0 spiro atoms. The van der Waals surface area contributed by atoms with Gasteiger partial charge in [0.2, 0.25) is 5.91 Å². The molecule has 12 nitrogen and oxygen atoms in total. The number of methoxy groups -OCH3 is 1. The van der Waals surface area contributed by atoms with Gasteiger partial charge in [-0.15, -0.1) is 0 Å². The summed E-state index contributed by atoms with van der Waals surface area (Å²) in [7, 11) is 5.07. The number of anilines is 3. The number of urea groups is 1. The zero-order chi connectivity index (χ0) is 26.7. The van der Waals surface area contributed by atoms with E-state index >= 15 is 0 Å². The Bertz CT molecular complexity index is 1250. The quantitative estimate of drug-likeness (QED) is 0.552. The van der Waals surface area contributed by atoms with Gasteiger partial charge in [-0.2, -0.15) is 5.26 Å². The van der Waals surface area contributed by atoms with Crippen LogP contribution in [-0.4, -0.2) is 97.5 Å². The first-order chi connectivity index (χ1) is 17.7. The van der Waals surface area contributed by atoms with E-state index in [2.05, 4.69) is 21.4 Å². The summed E-state index contributed by atoms with van der Waals surface area (Å²) in [6.07, 6.45) is 2.05. The van der Waals surface area contributed by atoms with Gasteiger partial charge in [0.1, 0.15) is 23.4 Å². The number of aromatic nitrogens is 2. The molecule has 3 amide bonds. The van der Waals surface area contributed by atoms with Gasteiger partial charge in [-0.25, -0.2) is 14.8 Å². The molecule has 2 fully saturated rings. The number of pyridine rings is 2. The van der Waals surface area contributed by atoms with Crippen LogP contribution >= 0.6 is 0 Å². The Morgan fingerprint density at radius 1 is 1.35 bits per heavy atom. The highest BCUT2D eigenvalue weighted by atomic mass is 16.5. The Hall–Kier alpha value is -4.08. The highest BCUT2D eigenvalue weighted by molar-refractivity contribution is 6.00. The fourth-order valence-corrected chi connectivity index (χ4v) is 4.33. The molecule has 0 atom stereocenters. The molecular formula is C25H30N8O4. The number of nitrogens with zero attached hydrogens (tertiary/aromatic N) is 7. The highest BCUT2D eigenvalue weighted by Crippen LogP contribution is 2.33. The number of carbonyl (C=O) groups excluding carboxylic acids is 3. The second-order valence-electron chi connectivity index (χ2n) is 9.58. The fraction of sp³-hybridized carbons (Fsp3) is 0.440. The molecule has 0 saturated carbocycles. The number of rotatable bonds is 7. The number of likely N-dealkylation sites (N-methyl/N-ethyl adjacent to an activating group) is 1. The zero-order valence-corrected chi connectivity index (χ0v) is 21.4. The summed E-state index contributed by atoms with van der Waals surface area (Å²) in [6.45, 7) is 5.15. The average molecular weight is 507 g/mol. The van der Waals surface area contributed by atoms with Crippen LogP contribution in [0, 0.1) is 11.3 Å². The monoisotopic (exact) mass is 506 g/mol. The number of hydrogen-bond acceptors (Lipinski definition) is 9. The molecule has 2 aliphatic heterocycles. The van der Waals surface area contributed by atoms with Gasteiger partial charge in [0.15, 0.2) is 6.29 Å². The molecule has 2 aromatic heterocycles. The number of nitriles is 1. The first kappa shape index (κ1) is 26.0. The highest BCUT2D eigenvalue weighted by Gasteiger charge is 2.40. The average Bonchev–Trinajstić information content (AvgIpc) is 2.88. The van der Waals surface area contributed by atoms with Crippen LogP contribution in [0.4, 0.5) is 22.1 Å². The topological polar surface area (TPSA) is 135 Å². The first-order valence-electron chi connectivity index (χ1n) is 11.8. The van der Waals surface area contributed by atoms with E-state index in [1.54, 1.807) is 30.2 Å². The normalized spacial score (nSPS) is 17.1. The summed E-state index contributed by atoms with van der Waals surface area (Å²) in [5, 5.41) is 12.2. The first-order valence-corrected chi connectivity index (χ1v) is 11.8. The second kappa shape index (κ2) is 10.5. The van der Waals surface area contributed by atoms with E-state index in [1.807, 2.05) is 23.8 Å². The van der Waals surface area contributed by atoms with Crippen molar-refractivity contribution in [1.82, 2.24) is 19.8 Å². The lowest BCUT2D eigenvalue weighted by Crippen LogP contribution is -2.61. The van der Waals surface area contributed by atoms with Crippen LogP contribution in [0.25, 0.3) is 0 Å². The molecule has 0 bridgehead atoms. The molecule has 4 rings (SSSR count). The van der Waals surface area contributed by atoms with E-state index in [1.165, 1.54) is 18.1 Å². The Morgan fingerprint density at radius 3 is 2.76 bits per heavy atom. The molecular weight excluding hydrogens is 476 g/mol. The Kier molecular flexibility index (Phi) is 7.37. The molecule has 37 heavy (non-hydrogen) atoms. The van der Waals surface area contributed by atoms with Gasteiger partial charge in [0.25, 0.3) is 0 Å². The van der Waals surface area contributed by atoms with Crippen molar-refractivity contribution in [3.8, 4) is 6.07 Å². The third-order valence-electron chi connectivity index (χ3n) is 6.75. The largest absolute Gasteiger partial charge is 0.375 e. The van der Waals surface area contributed by atoms with Gasteiger partial charge in [-0.1, -0.05) is 6.07 Å². The standard InChI is InChI=1S/C25H30N8O4/c1-25(37-4)15-33(16-25)20-9-21(27-11-18(20)10-26)29-24(36)31(3)22-6-5-17(19(14-34)28-22)12-32-8-7-30(2)13-23(32)35/h5-6,9,11,14H,7-8,12-13,15-16H2,1-4H3,(H,27,29,36). The van der Waals surface area contributed by atoms with E-state index in [9.17, 15) is 19.6 Å². The van der Waals surface area contributed by atoms with Crippen LogP contribution < -0.4 is 15.1 Å². The number of ether oxygens (including phenoxy) is 1. The van der Waals surface area contributed by atoms with E-state index in [4.69, 9.17) is 4.74 Å². The van der Waals surface area contributed by atoms with Crippen LogP contribution in [0.3, 0.4) is 0 Å². The van der Waals surface area contributed by atoms with Crippen molar-refractivity contribution in [1.29, 1.82) is 5.26 Å². The number of piperazine rings is 1. The van der Waals surface area contributed by atoms with Gasteiger partial charge >= 0.3 is 6.03 Å². The Labute approximate surface area is 215 Å². The molecule has 2 aromatic rings. The van der Waals surface area contributed by atoms with Crippen molar-refractivity contribution >= 4 is 35.5 Å². The molecule has 0 unspecified atom stereocenters. The van der Waals surface area contributed by atoms with Crippen LogP contribution in [0.1, 0.15) is 28.5 Å². The second-order valence-corrected chi connectivity index (χ2v) is 9.58. The van der Waals surface area contributed by atoms with Crippen molar-refractivity contribution in [2.45, 2.75) is 19.1 Å². The summed E-state index contributed by atoms with van der Waals surface area (Å²) >= 11 is 0. The van der Waals surface area contributed by atoms with Gasteiger partial charge < -0.3 is 14.5 Å². The molecule has 1 N–H and O–H groups in total. The number of hydrogen-bond donors (Lipinski definition) is 1. The van der Waals surface area contributed by atoms with Crippen molar-refractivity contribution in [3.05, 3.63) is 41.2 Å². The molecule has 2 aliphatic rings. The molecule has 2 saturated heterocycles. The van der Waals surface area contributed by atoms with Gasteiger partial charge in [-0.05, 0) is 20.0 Å². The van der Waals surface area contributed by atoms with E-state index in [0.717, 1.165) is 6.54 Å². The maximum Gasteiger partial charge on any atom is 0.328 e. The number of carbonyl (C=O) groups is 3. The predicted octanol–water partition coefficient (Wildman–Crippen LogP) is 1.33. The van der Waals surface area contributed by atoms with E-state index in [0.29, 0.717) is 49.3 Å². The SMILES string of the molecule is COC1(C)CN(c2cc(NC(=O)N(C)c3ccc(CN4CCN(C)CC4=O)c(C=O)n3)ncc2C#N)C1. The van der Waals surface area contributed by atoms with Crippen molar-refractivity contribution in [2.24, 2.45) is 0 Å². The van der Waals surface area contributed by atoms with Crippen LogP contribution in [0.15, 0.2) is 24.4 Å². The van der Waals surface area contributed by atoms with Crippen molar-refractivity contribution in [3.63, 3.8) is 0 Å². The lowest BCUT2D eigenvalue weighted by atomic mass is 9.95.